The summed E-state index contributed by atoms with van der Waals surface area (Å²) >= 11 is 3.27. The molecule has 2 aromatic carbocycles. The van der Waals surface area contributed by atoms with Gasteiger partial charge in [-0.3, -0.25) is 4.79 Å². The third kappa shape index (κ3) is 4.70. The monoisotopic (exact) mass is 394 g/mol. The van der Waals surface area contributed by atoms with Gasteiger partial charge in [-0.2, -0.15) is 18.4 Å². The van der Waals surface area contributed by atoms with Crippen molar-refractivity contribution in [1.29, 1.82) is 5.26 Å². The van der Waals surface area contributed by atoms with Crippen molar-refractivity contribution in [2.75, 3.05) is 5.32 Å². The Labute approximate surface area is 144 Å². The fourth-order valence-electron chi connectivity index (χ4n) is 1.88. The van der Waals surface area contributed by atoms with Crippen LogP contribution in [0.5, 0.6) is 0 Å². The van der Waals surface area contributed by atoms with Gasteiger partial charge in [0.1, 0.15) is 11.6 Å². The van der Waals surface area contributed by atoms with E-state index in [0.29, 0.717) is 5.56 Å². The summed E-state index contributed by atoms with van der Waals surface area (Å²) in [5.41, 5.74) is -0.523. The number of halogens is 4. The van der Waals surface area contributed by atoms with E-state index in [2.05, 4.69) is 21.2 Å². The van der Waals surface area contributed by atoms with E-state index in [9.17, 15) is 18.0 Å². The second-order valence-electron chi connectivity index (χ2n) is 4.76. The summed E-state index contributed by atoms with van der Waals surface area (Å²) < 4.78 is 38.8. The molecule has 0 aliphatic heterocycles. The van der Waals surface area contributed by atoms with Crippen LogP contribution in [0.15, 0.2) is 58.6 Å². The smallest absolute Gasteiger partial charge is 0.321 e. The van der Waals surface area contributed by atoms with E-state index in [1.54, 1.807) is 30.3 Å². The number of anilines is 1. The summed E-state index contributed by atoms with van der Waals surface area (Å²) in [6.45, 7) is 0. The van der Waals surface area contributed by atoms with Crippen LogP contribution in [0.2, 0.25) is 0 Å². The van der Waals surface area contributed by atoms with Crippen molar-refractivity contribution in [2.24, 2.45) is 0 Å². The second kappa shape index (κ2) is 7.32. The Morgan fingerprint density at radius 3 is 2.50 bits per heavy atom. The van der Waals surface area contributed by atoms with Gasteiger partial charge in [0.05, 0.1) is 5.56 Å². The summed E-state index contributed by atoms with van der Waals surface area (Å²) in [7, 11) is 0. The van der Waals surface area contributed by atoms with Crippen LogP contribution in [0, 0.1) is 11.3 Å². The van der Waals surface area contributed by atoms with Gasteiger partial charge in [0.2, 0.25) is 0 Å². The number of carbonyl (C=O) groups excluding carboxylic acids is 1. The van der Waals surface area contributed by atoms with Crippen LogP contribution in [0.1, 0.15) is 11.1 Å². The van der Waals surface area contributed by atoms with E-state index < -0.39 is 17.6 Å². The van der Waals surface area contributed by atoms with Crippen molar-refractivity contribution >= 4 is 33.6 Å². The van der Waals surface area contributed by atoms with Gasteiger partial charge in [-0.15, -0.1) is 0 Å². The SMILES string of the molecule is N#C/C(=C/c1cccc(Br)c1)C(=O)Nc1cccc(C(F)(F)F)c1. The van der Waals surface area contributed by atoms with E-state index in [4.69, 9.17) is 5.26 Å². The van der Waals surface area contributed by atoms with E-state index in [1.807, 2.05) is 0 Å². The standard InChI is InChI=1S/C17H10BrF3N2O/c18-14-5-1-3-11(8-14)7-12(10-22)16(24)23-15-6-2-4-13(9-15)17(19,20)21/h1-9H,(H,23,24)/b12-7-. The van der Waals surface area contributed by atoms with Gasteiger partial charge in [-0.05, 0) is 42.0 Å². The lowest BCUT2D eigenvalue weighted by molar-refractivity contribution is -0.137. The number of nitrogens with one attached hydrogen (secondary N) is 1. The normalized spacial score (nSPS) is 11.7. The molecule has 0 unspecified atom stereocenters. The van der Waals surface area contributed by atoms with Crippen molar-refractivity contribution in [2.45, 2.75) is 6.18 Å². The molecule has 0 heterocycles. The zero-order valence-electron chi connectivity index (χ0n) is 12.1. The topological polar surface area (TPSA) is 52.9 Å². The fraction of sp³-hybridized carbons (Fsp3) is 0.0588. The molecular weight excluding hydrogens is 385 g/mol. The summed E-state index contributed by atoms with van der Waals surface area (Å²) in [6, 6.07) is 12.9. The van der Waals surface area contributed by atoms with Crippen molar-refractivity contribution in [3.8, 4) is 6.07 Å². The van der Waals surface area contributed by atoms with Crippen molar-refractivity contribution in [3.63, 3.8) is 0 Å². The molecule has 0 saturated carbocycles. The van der Waals surface area contributed by atoms with E-state index >= 15 is 0 Å². The molecule has 0 spiro atoms. The first kappa shape index (κ1) is 17.8. The van der Waals surface area contributed by atoms with Gasteiger partial charge in [0.25, 0.3) is 5.91 Å². The van der Waals surface area contributed by atoms with E-state index in [0.717, 1.165) is 16.6 Å². The Balaban J connectivity index is 2.23. The average molecular weight is 395 g/mol. The van der Waals surface area contributed by atoms with Crippen LogP contribution in [-0.4, -0.2) is 5.91 Å². The minimum atomic E-state index is -4.51. The molecule has 0 radical (unpaired) electrons. The van der Waals surface area contributed by atoms with Crippen LogP contribution in [0.25, 0.3) is 6.08 Å². The second-order valence-corrected chi connectivity index (χ2v) is 5.67. The molecule has 1 N–H and O–H groups in total. The first-order valence-corrected chi connectivity index (χ1v) is 7.45. The van der Waals surface area contributed by atoms with Crippen LogP contribution in [-0.2, 0) is 11.0 Å². The lowest BCUT2D eigenvalue weighted by atomic mass is 10.1. The van der Waals surface area contributed by atoms with Gasteiger partial charge in [-0.25, -0.2) is 0 Å². The van der Waals surface area contributed by atoms with Gasteiger partial charge in [-0.1, -0.05) is 34.1 Å². The molecule has 7 heteroatoms. The lowest BCUT2D eigenvalue weighted by Crippen LogP contribution is -2.14. The van der Waals surface area contributed by atoms with Gasteiger partial charge in [0.15, 0.2) is 0 Å². The van der Waals surface area contributed by atoms with Crippen LogP contribution in [0.4, 0.5) is 18.9 Å². The largest absolute Gasteiger partial charge is 0.416 e. The molecule has 0 aromatic heterocycles. The zero-order valence-corrected chi connectivity index (χ0v) is 13.6. The molecule has 0 aliphatic rings. The Morgan fingerprint density at radius 1 is 1.17 bits per heavy atom. The zero-order chi connectivity index (χ0) is 17.7. The fourth-order valence-corrected chi connectivity index (χ4v) is 2.30. The van der Waals surface area contributed by atoms with Gasteiger partial charge in [0, 0.05) is 10.2 Å². The summed E-state index contributed by atoms with van der Waals surface area (Å²) in [4.78, 5) is 12.1. The van der Waals surface area contributed by atoms with Crippen molar-refractivity contribution < 1.29 is 18.0 Å². The quantitative estimate of drug-likeness (QED) is 0.587. The number of amides is 1. The third-order valence-corrected chi connectivity index (χ3v) is 3.47. The van der Waals surface area contributed by atoms with Crippen LogP contribution >= 0.6 is 15.9 Å². The molecule has 2 aromatic rings. The molecule has 122 valence electrons. The summed E-state index contributed by atoms with van der Waals surface area (Å²) in [6.07, 6.45) is -3.15. The van der Waals surface area contributed by atoms with Crippen LogP contribution < -0.4 is 5.32 Å². The predicted octanol–water partition coefficient (Wildman–Crippen LogP) is 5.01. The van der Waals surface area contributed by atoms with Crippen LogP contribution in [0.3, 0.4) is 0 Å². The Hall–Kier alpha value is -2.59. The number of hydrogen-bond donors (Lipinski definition) is 1. The maximum atomic E-state index is 12.7. The number of alkyl halides is 3. The molecule has 2 rings (SSSR count). The molecule has 24 heavy (non-hydrogen) atoms. The highest BCUT2D eigenvalue weighted by Crippen LogP contribution is 2.30. The molecule has 0 saturated heterocycles. The maximum absolute atomic E-state index is 12.7. The molecule has 0 atom stereocenters. The summed E-state index contributed by atoms with van der Waals surface area (Å²) in [5, 5.41) is 11.4. The minimum absolute atomic E-state index is 0.0368. The number of nitriles is 1. The lowest BCUT2D eigenvalue weighted by Gasteiger charge is -2.09. The molecule has 3 nitrogen and oxygen atoms in total. The van der Waals surface area contributed by atoms with Gasteiger partial charge < -0.3 is 5.32 Å². The molecule has 1 amide bonds. The Morgan fingerprint density at radius 2 is 1.88 bits per heavy atom. The van der Waals surface area contributed by atoms with E-state index in [1.165, 1.54) is 18.2 Å². The highest BCUT2D eigenvalue weighted by atomic mass is 79.9. The molecular formula is C17H10BrF3N2O. The Bertz CT molecular complexity index is 838. The molecule has 0 bridgehead atoms. The minimum Gasteiger partial charge on any atom is -0.321 e. The first-order chi connectivity index (χ1) is 11.3. The highest BCUT2D eigenvalue weighted by Gasteiger charge is 2.30. The van der Waals surface area contributed by atoms with E-state index in [-0.39, 0.29) is 11.3 Å². The third-order valence-electron chi connectivity index (χ3n) is 2.97. The highest BCUT2D eigenvalue weighted by molar-refractivity contribution is 9.10. The number of carbonyl (C=O) groups is 1. The molecule has 0 fully saturated rings. The Kier molecular flexibility index (Phi) is 5.42. The van der Waals surface area contributed by atoms with Gasteiger partial charge >= 0.3 is 6.18 Å². The maximum Gasteiger partial charge on any atom is 0.416 e. The average Bonchev–Trinajstić information content (AvgIpc) is 2.52. The number of benzene rings is 2. The first-order valence-electron chi connectivity index (χ1n) is 6.65. The summed E-state index contributed by atoms with van der Waals surface area (Å²) in [5.74, 6) is -0.781. The number of rotatable bonds is 3. The van der Waals surface area contributed by atoms with Crippen molar-refractivity contribution in [1.82, 2.24) is 0 Å². The number of nitrogens with zero attached hydrogens (tertiary/aromatic N) is 1. The molecule has 0 aliphatic carbocycles. The number of hydrogen-bond acceptors (Lipinski definition) is 2. The predicted molar refractivity (Wildman–Crippen MR) is 87.8 cm³/mol. The van der Waals surface area contributed by atoms with Crippen molar-refractivity contribution in [3.05, 3.63) is 69.7 Å².